The highest BCUT2D eigenvalue weighted by Gasteiger charge is 2.13. The second-order valence-corrected chi connectivity index (χ2v) is 4.40. The maximum absolute atomic E-state index is 13.1. The van der Waals surface area contributed by atoms with Crippen molar-refractivity contribution in [2.24, 2.45) is 0 Å². The normalized spacial score (nSPS) is 13.1. The molecular weight excluding hydrogens is 241 g/mol. The van der Waals surface area contributed by atoms with Crippen LogP contribution in [0.2, 0.25) is 5.02 Å². The Kier molecular flexibility index (Phi) is 5.89. The van der Waals surface area contributed by atoms with Gasteiger partial charge in [0, 0.05) is 17.1 Å². The molecule has 0 aliphatic rings. The molecule has 0 radical (unpaired) electrons. The van der Waals surface area contributed by atoms with Crippen molar-refractivity contribution in [3.63, 3.8) is 0 Å². The third-order valence-corrected chi connectivity index (χ3v) is 3.27. The Labute approximate surface area is 107 Å². The lowest BCUT2D eigenvalue weighted by atomic mass is 10.1. The first kappa shape index (κ1) is 14.4. The first-order valence-electron chi connectivity index (χ1n) is 5.93. The van der Waals surface area contributed by atoms with E-state index in [9.17, 15) is 9.50 Å². The van der Waals surface area contributed by atoms with Crippen molar-refractivity contribution in [2.75, 3.05) is 19.6 Å². The van der Waals surface area contributed by atoms with E-state index >= 15 is 0 Å². The van der Waals surface area contributed by atoms with Gasteiger partial charge in [-0.25, -0.2) is 4.39 Å². The van der Waals surface area contributed by atoms with Crippen molar-refractivity contribution in [1.29, 1.82) is 0 Å². The molecular formula is C13H19ClFNO. The summed E-state index contributed by atoms with van der Waals surface area (Å²) in [6.07, 6.45) is -0.149. The van der Waals surface area contributed by atoms with Gasteiger partial charge in [0.05, 0.1) is 6.10 Å². The van der Waals surface area contributed by atoms with Crippen molar-refractivity contribution in [3.8, 4) is 0 Å². The predicted octanol–water partition coefficient (Wildman–Crippen LogP) is 3.24. The minimum Gasteiger partial charge on any atom is -0.388 e. The topological polar surface area (TPSA) is 23.5 Å². The van der Waals surface area contributed by atoms with Gasteiger partial charge in [0.25, 0.3) is 0 Å². The van der Waals surface area contributed by atoms with E-state index in [0.29, 0.717) is 17.0 Å². The van der Waals surface area contributed by atoms with Gasteiger partial charge in [0.1, 0.15) is 5.82 Å². The van der Waals surface area contributed by atoms with Gasteiger partial charge in [-0.05, 0) is 37.7 Å². The van der Waals surface area contributed by atoms with Crippen molar-refractivity contribution in [1.82, 2.24) is 4.90 Å². The van der Waals surface area contributed by atoms with Crippen molar-refractivity contribution in [3.05, 3.63) is 34.6 Å². The van der Waals surface area contributed by atoms with E-state index in [4.69, 9.17) is 11.6 Å². The lowest BCUT2D eigenvalue weighted by Crippen LogP contribution is -2.25. The standard InChI is InChI=1S/C13H19ClFNO/c1-3-16(4-2)8-7-13(17)11-9-10(15)5-6-12(11)14/h5-6,9,13,17H,3-4,7-8H2,1-2H3. The van der Waals surface area contributed by atoms with E-state index in [2.05, 4.69) is 18.7 Å². The third-order valence-electron chi connectivity index (χ3n) is 2.93. The fraction of sp³-hybridized carbons (Fsp3) is 0.538. The van der Waals surface area contributed by atoms with Crippen LogP contribution in [0.3, 0.4) is 0 Å². The summed E-state index contributed by atoms with van der Waals surface area (Å²) in [6.45, 7) is 6.82. The molecule has 1 atom stereocenters. The van der Waals surface area contributed by atoms with Crippen molar-refractivity contribution < 1.29 is 9.50 Å². The fourth-order valence-corrected chi connectivity index (χ4v) is 2.01. The molecule has 0 spiro atoms. The molecule has 0 bridgehead atoms. The SMILES string of the molecule is CCN(CC)CCC(O)c1cc(F)ccc1Cl. The van der Waals surface area contributed by atoms with Gasteiger partial charge in [-0.1, -0.05) is 25.4 Å². The molecule has 17 heavy (non-hydrogen) atoms. The van der Waals surface area contributed by atoms with Gasteiger partial charge in [-0.2, -0.15) is 0 Å². The highest BCUT2D eigenvalue weighted by molar-refractivity contribution is 6.31. The average Bonchev–Trinajstić information content (AvgIpc) is 2.33. The summed E-state index contributed by atoms with van der Waals surface area (Å²) in [5.74, 6) is -0.369. The van der Waals surface area contributed by atoms with Crippen LogP contribution in [0, 0.1) is 5.82 Å². The number of hydrogen-bond acceptors (Lipinski definition) is 2. The Hall–Kier alpha value is -0.640. The van der Waals surface area contributed by atoms with Crippen LogP contribution in [-0.2, 0) is 0 Å². The summed E-state index contributed by atoms with van der Waals surface area (Å²) in [6, 6.07) is 4.07. The van der Waals surface area contributed by atoms with Crippen LogP contribution >= 0.6 is 11.6 Å². The summed E-state index contributed by atoms with van der Waals surface area (Å²) in [7, 11) is 0. The quantitative estimate of drug-likeness (QED) is 0.848. The number of halogens is 2. The highest BCUT2D eigenvalue weighted by Crippen LogP contribution is 2.26. The highest BCUT2D eigenvalue weighted by atomic mass is 35.5. The average molecular weight is 260 g/mol. The van der Waals surface area contributed by atoms with Crippen LogP contribution in [0.25, 0.3) is 0 Å². The monoisotopic (exact) mass is 259 g/mol. The van der Waals surface area contributed by atoms with Crippen LogP contribution in [0.5, 0.6) is 0 Å². The van der Waals surface area contributed by atoms with Crippen molar-refractivity contribution in [2.45, 2.75) is 26.4 Å². The first-order chi connectivity index (χ1) is 8.08. The van der Waals surface area contributed by atoms with Crippen LogP contribution in [0.4, 0.5) is 4.39 Å². The van der Waals surface area contributed by atoms with Gasteiger partial charge in [-0.3, -0.25) is 0 Å². The van der Waals surface area contributed by atoms with E-state index in [1.807, 2.05) is 0 Å². The molecule has 0 aliphatic heterocycles. The molecule has 0 heterocycles. The van der Waals surface area contributed by atoms with Crippen LogP contribution < -0.4 is 0 Å². The molecule has 4 heteroatoms. The Morgan fingerprint density at radius 2 is 2.00 bits per heavy atom. The molecule has 1 aromatic carbocycles. The maximum Gasteiger partial charge on any atom is 0.123 e. The molecule has 1 rings (SSSR count). The molecule has 0 saturated carbocycles. The summed E-state index contributed by atoms with van der Waals surface area (Å²) >= 11 is 5.93. The zero-order valence-corrected chi connectivity index (χ0v) is 11.0. The second-order valence-electron chi connectivity index (χ2n) is 4.00. The minimum atomic E-state index is -0.709. The molecule has 0 aliphatic carbocycles. The molecule has 96 valence electrons. The Morgan fingerprint density at radius 3 is 2.59 bits per heavy atom. The van der Waals surface area contributed by atoms with Crippen LogP contribution in [-0.4, -0.2) is 29.6 Å². The second kappa shape index (κ2) is 6.94. The van der Waals surface area contributed by atoms with Gasteiger partial charge in [0.15, 0.2) is 0 Å². The molecule has 0 fully saturated rings. The lowest BCUT2D eigenvalue weighted by Gasteiger charge is -2.20. The predicted molar refractivity (Wildman–Crippen MR) is 68.8 cm³/mol. The number of nitrogens with zero attached hydrogens (tertiary/aromatic N) is 1. The molecule has 1 aromatic rings. The van der Waals surface area contributed by atoms with Gasteiger partial charge < -0.3 is 10.0 Å². The number of hydrogen-bond donors (Lipinski definition) is 1. The summed E-state index contributed by atoms with van der Waals surface area (Å²) in [5.41, 5.74) is 0.471. The van der Waals surface area contributed by atoms with E-state index in [0.717, 1.165) is 19.6 Å². The summed E-state index contributed by atoms with van der Waals surface area (Å²) in [5, 5.41) is 10.4. The zero-order chi connectivity index (χ0) is 12.8. The number of aliphatic hydroxyl groups excluding tert-OH is 1. The molecule has 0 amide bonds. The Bertz CT molecular complexity index is 355. The number of rotatable bonds is 6. The minimum absolute atomic E-state index is 0.369. The van der Waals surface area contributed by atoms with Crippen LogP contribution in [0.1, 0.15) is 31.9 Å². The zero-order valence-electron chi connectivity index (χ0n) is 10.3. The summed E-state index contributed by atoms with van der Waals surface area (Å²) < 4.78 is 13.1. The molecule has 0 aromatic heterocycles. The number of benzene rings is 1. The van der Waals surface area contributed by atoms with E-state index in [-0.39, 0.29) is 5.82 Å². The van der Waals surface area contributed by atoms with Crippen molar-refractivity contribution >= 4 is 11.6 Å². The Morgan fingerprint density at radius 1 is 1.35 bits per heavy atom. The fourth-order valence-electron chi connectivity index (χ4n) is 1.77. The molecule has 0 saturated heterocycles. The van der Waals surface area contributed by atoms with Gasteiger partial charge in [-0.15, -0.1) is 0 Å². The molecule has 2 nitrogen and oxygen atoms in total. The number of aliphatic hydroxyl groups is 1. The Balaban J connectivity index is 2.63. The van der Waals surface area contributed by atoms with E-state index in [1.54, 1.807) is 0 Å². The molecule has 1 N–H and O–H groups in total. The smallest absolute Gasteiger partial charge is 0.123 e. The van der Waals surface area contributed by atoms with Gasteiger partial charge >= 0.3 is 0 Å². The largest absolute Gasteiger partial charge is 0.388 e. The third kappa shape index (κ3) is 4.26. The maximum atomic E-state index is 13.1. The lowest BCUT2D eigenvalue weighted by molar-refractivity contribution is 0.145. The van der Waals surface area contributed by atoms with Gasteiger partial charge in [0.2, 0.25) is 0 Å². The summed E-state index contributed by atoms with van der Waals surface area (Å²) in [4.78, 5) is 2.20. The van der Waals surface area contributed by atoms with E-state index < -0.39 is 6.10 Å². The first-order valence-corrected chi connectivity index (χ1v) is 6.31. The van der Waals surface area contributed by atoms with E-state index in [1.165, 1.54) is 18.2 Å². The molecule has 1 unspecified atom stereocenters. The van der Waals surface area contributed by atoms with Crippen LogP contribution in [0.15, 0.2) is 18.2 Å².